The zero-order valence-electron chi connectivity index (χ0n) is 9.34. The summed E-state index contributed by atoms with van der Waals surface area (Å²) in [5.41, 5.74) is 0.510. The second-order valence-electron chi connectivity index (χ2n) is 5.04. The molecule has 0 unspecified atom stereocenters. The van der Waals surface area contributed by atoms with Gasteiger partial charge in [-0.2, -0.15) is 0 Å². The summed E-state index contributed by atoms with van der Waals surface area (Å²) in [7, 11) is 0. The number of likely N-dealkylation sites (tertiary alicyclic amines) is 1. The molecule has 1 atom stereocenters. The summed E-state index contributed by atoms with van der Waals surface area (Å²) in [5.74, 6) is 0. The molecule has 2 fully saturated rings. The van der Waals surface area contributed by atoms with E-state index in [1.165, 1.54) is 45.1 Å². The molecule has 0 amide bonds. The highest BCUT2D eigenvalue weighted by atomic mass is 16.3. The van der Waals surface area contributed by atoms with Crippen LogP contribution in [0.2, 0.25) is 0 Å². The molecule has 0 aromatic heterocycles. The van der Waals surface area contributed by atoms with Gasteiger partial charge in [0.15, 0.2) is 0 Å². The Bertz CT molecular complexity index is 181. The molecule has 2 rings (SSSR count). The van der Waals surface area contributed by atoms with Gasteiger partial charge in [0.05, 0.1) is 6.10 Å². The summed E-state index contributed by atoms with van der Waals surface area (Å²) in [6, 6.07) is 0. The van der Waals surface area contributed by atoms with Crippen molar-refractivity contribution >= 4 is 0 Å². The molecule has 0 aromatic rings. The van der Waals surface area contributed by atoms with Gasteiger partial charge in [0.1, 0.15) is 0 Å². The van der Waals surface area contributed by atoms with Crippen molar-refractivity contribution in [1.82, 2.24) is 4.90 Å². The molecule has 1 N–H and O–H groups in total. The maximum Gasteiger partial charge on any atom is 0.0664 e. The monoisotopic (exact) mass is 197 g/mol. The fraction of sp³-hybridized carbons (Fsp3) is 1.00. The fourth-order valence-corrected chi connectivity index (χ4v) is 3.26. The Hall–Kier alpha value is -0.0800. The third-order valence-electron chi connectivity index (χ3n) is 4.18. The minimum absolute atomic E-state index is 0.106. The van der Waals surface area contributed by atoms with Crippen molar-refractivity contribution in [3.8, 4) is 0 Å². The van der Waals surface area contributed by atoms with Crippen LogP contribution in [0.1, 0.15) is 51.9 Å². The number of aliphatic hydroxyl groups excluding tert-OH is 1. The van der Waals surface area contributed by atoms with Crippen LogP contribution in [0.5, 0.6) is 0 Å². The van der Waals surface area contributed by atoms with E-state index in [-0.39, 0.29) is 6.10 Å². The average Bonchev–Trinajstić information content (AvgIpc) is 2.79. The normalized spacial score (nSPS) is 28.7. The largest absolute Gasteiger partial charge is 0.392 e. The lowest BCUT2D eigenvalue weighted by Gasteiger charge is -2.36. The zero-order valence-corrected chi connectivity index (χ0v) is 9.34. The Morgan fingerprint density at radius 2 is 1.86 bits per heavy atom. The van der Waals surface area contributed by atoms with E-state index in [4.69, 9.17) is 0 Å². The highest BCUT2D eigenvalue weighted by Gasteiger charge is 2.42. The van der Waals surface area contributed by atoms with Crippen molar-refractivity contribution in [3.05, 3.63) is 0 Å². The molecule has 1 saturated carbocycles. The second kappa shape index (κ2) is 4.19. The first-order valence-electron chi connectivity index (χ1n) is 6.20. The van der Waals surface area contributed by atoms with Gasteiger partial charge in [-0.15, -0.1) is 0 Å². The maximum absolute atomic E-state index is 9.72. The Morgan fingerprint density at radius 1 is 1.21 bits per heavy atom. The molecular formula is C12H23NO. The molecule has 1 spiro atoms. The third kappa shape index (κ3) is 1.82. The number of hydrogen-bond donors (Lipinski definition) is 1. The molecule has 1 saturated heterocycles. The van der Waals surface area contributed by atoms with E-state index in [2.05, 4.69) is 11.8 Å². The van der Waals surface area contributed by atoms with Gasteiger partial charge in [-0.25, -0.2) is 0 Å². The standard InChI is InChI=1S/C12H23NO/c1-2-11(14)10-13-9-5-8-12(13)6-3-4-7-12/h11,14H,2-10H2,1H3/t11-/m1/s1. The average molecular weight is 197 g/mol. The smallest absolute Gasteiger partial charge is 0.0664 e. The van der Waals surface area contributed by atoms with Gasteiger partial charge in [-0.1, -0.05) is 19.8 Å². The Morgan fingerprint density at radius 3 is 2.50 bits per heavy atom. The summed E-state index contributed by atoms with van der Waals surface area (Å²) in [6.45, 7) is 4.20. The second-order valence-corrected chi connectivity index (χ2v) is 5.04. The number of aliphatic hydroxyl groups is 1. The first-order chi connectivity index (χ1) is 6.77. The van der Waals surface area contributed by atoms with Crippen LogP contribution in [-0.4, -0.2) is 34.7 Å². The van der Waals surface area contributed by atoms with Crippen molar-refractivity contribution in [1.29, 1.82) is 0 Å². The molecule has 2 nitrogen and oxygen atoms in total. The van der Waals surface area contributed by atoms with E-state index in [1.54, 1.807) is 0 Å². The van der Waals surface area contributed by atoms with Crippen LogP contribution in [-0.2, 0) is 0 Å². The molecule has 1 heterocycles. The molecule has 14 heavy (non-hydrogen) atoms. The lowest BCUT2D eigenvalue weighted by molar-refractivity contribution is 0.0626. The highest BCUT2D eigenvalue weighted by Crippen LogP contribution is 2.42. The first kappa shape index (κ1) is 10.4. The van der Waals surface area contributed by atoms with Crippen LogP contribution in [0.4, 0.5) is 0 Å². The van der Waals surface area contributed by atoms with Crippen LogP contribution >= 0.6 is 0 Å². The maximum atomic E-state index is 9.72. The van der Waals surface area contributed by atoms with Crippen LogP contribution in [0, 0.1) is 0 Å². The molecule has 2 aliphatic rings. The third-order valence-corrected chi connectivity index (χ3v) is 4.18. The topological polar surface area (TPSA) is 23.5 Å². The predicted octanol–water partition coefficient (Wildman–Crippen LogP) is 2.17. The van der Waals surface area contributed by atoms with Gasteiger partial charge in [0.25, 0.3) is 0 Å². The molecule has 1 aliphatic carbocycles. The molecule has 1 aliphatic heterocycles. The van der Waals surface area contributed by atoms with E-state index in [0.29, 0.717) is 5.54 Å². The fourth-order valence-electron chi connectivity index (χ4n) is 3.26. The quantitative estimate of drug-likeness (QED) is 0.749. The highest BCUT2D eigenvalue weighted by molar-refractivity contribution is 4.99. The molecule has 82 valence electrons. The van der Waals surface area contributed by atoms with Crippen molar-refractivity contribution in [2.24, 2.45) is 0 Å². The van der Waals surface area contributed by atoms with Crippen molar-refractivity contribution < 1.29 is 5.11 Å². The minimum Gasteiger partial charge on any atom is -0.392 e. The SMILES string of the molecule is CC[C@@H](O)CN1CCCC12CCCC2. The van der Waals surface area contributed by atoms with E-state index in [9.17, 15) is 5.11 Å². The van der Waals surface area contributed by atoms with Gasteiger partial charge in [-0.3, -0.25) is 4.90 Å². The molecule has 0 aromatic carbocycles. The molecule has 0 bridgehead atoms. The first-order valence-corrected chi connectivity index (χ1v) is 6.20. The lowest BCUT2D eigenvalue weighted by Crippen LogP contribution is -2.45. The molecular weight excluding hydrogens is 174 g/mol. The summed E-state index contributed by atoms with van der Waals surface area (Å²) < 4.78 is 0. The van der Waals surface area contributed by atoms with Crippen molar-refractivity contribution in [2.75, 3.05) is 13.1 Å². The van der Waals surface area contributed by atoms with Crippen LogP contribution in [0.25, 0.3) is 0 Å². The van der Waals surface area contributed by atoms with Gasteiger partial charge in [0, 0.05) is 12.1 Å². The lowest BCUT2D eigenvalue weighted by atomic mass is 9.94. The number of hydrogen-bond acceptors (Lipinski definition) is 2. The predicted molar refractivity (Wildman–Crippen MR) is 58.3 cm³/mol. The van der Waals surface area contributed by atoms with Crippen LogP contribution in [0.15, 0.2) is 0 Å². The van der Waals surface area contributed by atoms with Crippen molar-refractivity contribution in [3.63, 3.8) is 0 Å². The number of β-amino-alcohol motifs (C(OH)–C–C–N with tert-alkyl or cyclic N) is 1. The van der Waals surface area contributed by atoms with Crippen LogP contribution in [0.3, 0.4) is 0 Å². The Balaban J connectivity index is 1.96. The minimum atomic E-state index is -0.106. The van der Waals surface area contributed by atoms with Gasteiger partial charge < -0.3 is 5.11 Å². The van der Waals surface area contributed by atoms with E-state index >= 15 is 0 Å². The number of rotatable bonds is 3. The zero-order chi connectivity index (χ0) is 10.0. The summed E-state index contributed by atoms with van der Waals surface area (Å²) >= 11 is 0. The van der Waals surface area contributed by atoms with Gasteiger partial charge in [-0.05, 0) is 38.6 Å². The van der Waals surface area contributed by atoms with E-state index < -0.39 is 0 Å². The van der Waals surface area contributed by atoms with Gasteiger partial charge >= 0.3 is 0 Å². The Labute approximate surface area is 87.3 Å². The van der Waals surface area contributed by atoms with E-state index in [0.717, 1.165) is 13.0 Å². The molecule has 2 heteroatoms. The van der Waals surface area contributed by atoms with Crippen LogP contribution < -0.4 is 0 Å². The number of nitrogens with zero attached hydrogens (tertiary/aromatic N) is 1. The summed E-state index contributed by atoms with van der Waals surface area (Å²) in [5, 5.41) is 9.72. The van der Waals surface area contributed by atoms with Gasteiger partial charge in [0.2, 0.25) is 0 Å². The van der Waals surface area contributed by atoms with Crippen molar-refractivity contribution in [2.45, 2.75) is 63.5 Å². The summed E-state index contributed by atoms with van der Waals surface area (Å²) in [6.07, 6.45) is 9.07. The Kier molecular flexibility index (Phi) is 3.13. The summed E-state index contributed by atoms with van der Waals surface area (Å²) in [4.78, 5) is 2.58. The molecule has 0 radical (unpaired) electrons. The van der Waals surface area contributed by atoms with E-state index in [1.807, 2.05) is 0 Å².